The molecule has 194 valence electrons. The van der Waals surface area contributed by atoms with Crippen molar-refractivity contribution in [1.82, 2.24) is 15.6 Å². The van der Waals surface area contributed by atoms with Gasteiger partial charge in [-0.3, -0.25) is 4.79 Å². The third-order valence-electron chi connectivity index (χ3n) is 5.24. The first kappa shape index (κ1) is 27.2. The van der Waals surface area contributed by atoms with E-state index in [1.54, 1.807) is 0 Å². The average molecular weight is 523 g/mol. The molecule has 1 aromatic heterocycles. The quantitative estimate of drug-likeness (QED) is 0.287. The lowest BCUT2D eigenvalue weighted by atomic mass is 10.0. The fraction of sp³-hybridized carbons (Fsp3) is 0.333. The average Bonchev–Trinajstić information content (AvgIpc) is 3.25. The molecule has 1 amide bonds. The molecule has 0 aliphatic rings. The summed E-state index contributed by atoms with van der Waals surface area (Å²) >= 11 is 0. The topological polar surface area (TPSA) is 134 Å². The number of aromatic nitrogens is 1. The number of sulfonamides is 1. The highest BCUT2D eigenvalue weighted by Gasteiger charge is 2.25. The van der Waals surface area contributed by atoms with Crippen LogP contribution in [0.25, 0.3) is 0 Å². The van der Waals surface area contributed by atoms with Gasteiger partial charge in [0.15, 0.2) is 0 Å². The molecule has 2 aromatic carbocycles. The van der Waals surface area contributed by atoms with Gasteiger partial charge >= 0.3 is 6.01 Å². The minimum absolute atomic E-state index is 0.0659. The van der Waals surface area contributed by atoms with Crippen LogP contribution in [0, 0.1) is 11.6 Å². The first-order chi connectivity index (χ1) is 17.0. The van der Waals surface area contributed by atoms with Crippen molar-refractivity contribution in [2.45, 2.75) is 38.5 Å². The van der Waals surface area contributed by atoms with E-state index in [2.05, 4.69) is 15.6 Å². The maximum atomic E-state index is 13.7. The van der Waals surface area contributed by atoms with Gasteiger partial charge in [0.25, 0.3) is 5.91 Å². The summed E-state index contributed by atoms with van der Waals surface area (Å²) in [7, 11) is -3.67. The highest BCUT2D eigenvalue weighted by atomic mass is 32.2. The third kappa shape index (κ3) is 8.40. The Morgan fingerprint density at radius 2 is 1.81 bits per heavy atom. The lowest BCUT2D eigenvalue weighted by Crippen LogP contribution is -2.48. The number of rotatable bonds is 12. The van der Waals surface area contributed by atoms with E-state index in [0.29, 0.717) is 6.54 Å². The Kier molecular flexibility index (Phi) is 9.13. The molecule has 0 saturated carbocycles. The number of benzene rings is 2. The van der Waals surface area contributed by atoms with Gasteiger partial charge < -0.3 is 20.2 Å². The van der Waals surface area contributed by atoms with Gasteiger partial charge in [-0.15, -0.1) is 0 Å². The van der Waals surface area contributed by atoms with Gasteiger partial charge in [-0.25, -0.2) is 26.9 Å². The number of halogens is 2. The zero-order valence-corrected chi connectivity index (χ0v) is 20.6. The predicted molar refractivity (Wildman–Crippen MR) is 130 cm³/mol. The van der Waals surface area contributed by atoms with Gasteiger partial charge in [0.05, 0.1) is 24.6 Å². The number of amides is 1. The highest BCUT2D eigenvalue weighted by molar-refractivity contribution is 7.91. The Bertz CT molecular complexity index is 1280. The van der Waals surface area contributed by atoms with Crippen molar-refractivity contribution in [2.24, 2.45) is 0 Å². The molecule has 0 bridgehead atoms. The van der Waals surface area contributed by atoms with Gasteiger partial charge in [-0.1, -0.05) is 31.2 Å². The molecule has 1 heterocycles. The van der Waals surface area contributed by atoms with Crippen LogP contribution in [0.3, 0.4) is 0 Å². The summed E-state index contributed by atoms with van der Waals surface area (Å²) in [5.41, 5.74) is 2.41. The molecule has 0 radical (unpaired) electrons. The number of carbonyl (C=O) groups is 1. The summed E-state index contributed by atoms with van der Waals surface area (Å²) in [5, 5.41) is 16.5. The minimum Gasteiger partial charge on any atom is -0.418 e. The van der Waals surface area contributed by atoms with Gasteiger partial charge in [0.1, 0.15) is 11.6 Å². The summed E-state index contributed by atoms with van der Waals surface area (Å²) in [6, 6.07) is 9.53. The van der Waals surface area contributed by atoms with Crippen molar-refractivity contribution in [3.63, 3.8) is 0 Å². The maximum Gasteiger partial charge on any atom is 0.309 e. The van der Waals surface area contributed by atoms with Gasteiger partial charge in [0, 0.05) is 19.2 Å². The summed E-state index contributed by atoms with van der Waals surface area (Å²) in [6.07, 6.45) is 1.57. The number of nitrogens with one attached hydrogen (secondary N) is 3. The molecule has 0 aliphatic heterocycles. The van der Waals surface area contributed by atoms with Crippen LogP contribution in [0.1, 0.15) is 34.2 Å². The zero-order chi connectivity index (χ0) is 26.3. The SMILES string of the molecule is CCc1cccc(CNCC(O)C(Cc2cc(F)cc(F)c2)NC(=O)c2cnc(NS(C)(=O)=O)o2)c1. The molecule has 0 aliphatic carbocycles. The normalized spacial score (nSPS) is 13.2. The van der Waals surface area contributed by atoms with Crippen LogP contribution in [-0.2, 0) is 29.4 Å². The van der Waals surface area contributed by atoms with E-state index in [1.165, 1.54) is 5.56 Å². The van der Waals surface area contributed by atoms with Crippen molar-refractivity contribution in [3.8, 4) is 0 Å². The van der Waals surface area contributed by atoms with Crippen LogP contribution in [0.15, 0.2) is 53.1 Å². The molecule has 0 saturated heterocycles. The molecule has 3 aromatic rings. The van der Waals surface area contributed by atoms with Crippen molar-refractivity contribution in [1.29, 1.82) is 0 Å². The van der Waals surface area contributed by atoms with Gasteiger partial charge in [-0.05, 0) is 41.7 Å². The number of aliphatic hydroxyl groups excluding tert-OH is 1. The van der Waals surface area contributed by atoms with Crippen LogP contribution in [0.2, 0.25) is 0 Å². The summed E-state index contributed by atoms with van der Waals surface area (Å²) in [4.78, 5) is 16.4. The Balaban J connectivity index is 1.71. The summed E-state index contributed by atoms with van der Waals surface area (Å²) < 4.78 is 57.2. The lowest BCUT2D eigenvalue weighted by molar-refractivity contribution is 0.0805. The number of nitrogens with zero attached hydrogens (tertiary/aromatic N) is 1. The second-order valence-corrected chi connectivity index (χ2v) is 10.1. The lowest BCUT2D eigenvalue weighted by Gasteiger charge is -2.24. The second-order valence-electron chi connectivity index (χ2n) is 8.34. The number of hydrogen-bond donors (Lipinski definition) is 4. The van der Waals surface area contributed by atoms with Crippen molar-refractivity contribution in [3.05, 3.63) is 82.7 Å². The number of oxazole rings is 1. The molecule has 0 spiro atoms. The molecule has 3 rings (SSSR count). The van der Waals surface area contributed by atoms with Crippen molar-refractivity contribution in [2.75, 3.05) is 17.5 Å². The van der Waals surface area contributed by atoms with E-state index in [9.17, 15) is 27.1 Å². The second kappa shape index (κ2) is 12.1. The highest BCUT2D eigenvalue weighted by Crippen LogP contribution is 2.14. The monoisotopic (exact) mass is 522 g/mol. The van der Waals surface area contributed by atoms with E-state index in [1.807, 2.05) is 35.9 Å². The van der Waals surface area contributed by atoms with Gasteiger partial charge in [0.2, 0.25) is 15.8 Å². The zero-order valence-electron chi connectivity index (χ0n) is 19.8. The third-order valence-corrected chi connectivity index (χ3v) is 5.79. The Labute approximate surface area is 208 Å². The van der Waals surface area contributed by atoms with Crippen molar-refractivity contribution < 1.29 is 31.5 Å². The fourth-order valence-corrected chi connectivity index (χ4v) is 3.97. The first-order valence-electron chi connectivity index (χ1n) is 11.2. The number of aliphatic hydroxyl groups is 1. The Hall–Kier alpha value is -3.35. The molecule has 9 nitrogen and oxygen atoms in total. The van der Waals surface area contributed by atoms with Crippen LogP contribution < -0.4 is 15.4 Å². The van der Waals surface area contributed by atoms with E-state index in [4.69, 9.17) is 4.42 Å². The maximum absolute atomic E-state index is 13.7. The molecular formula is C24H28F2N4O5S. The molecule has 12 heteroatoms. The standard InChI is InChI=1S/C24H28F2N4O5S/c1-3-15-5-4-6-16(7-15)12-27-13-21(31)20(10-17-8-18(25)11-19(26)9-17)29-23(32)22-14-28-24(35-22)30-36(2,33)34/h4-9,11,14,20-21,27,31H,3,10,12-13H2,1-2H3,(H,28,30)(H,29,32). The van der Waals surface area contributed by atoms with E-state index in [-0.39, 0.29) is 24.3 Å². The van der Waals surface area contributed by atoms with Crippen LogP contribution in [0.5, 0.6) is 0 Å². The van der Waals surface area contributed by atoms with E-state index in [0.717, 1.165) is 42.6 Å². The molecule has 2 unspecified atom stereocenters. The van der Waals surface area contributed by atoms with E-state index < -0.39 is 45.7 Å². The van der Waals surface area contributed by atoms with E-state index >= 15 is 0 Å². The number of carbonyl (C=O) groups excluding carboxylic acids is 1. The van der Waals surface area contributed by atoms with Crippen LogP contribution >= 0.6 is 0 Å². The Morgan fingerprint density at radius 1 is 1.11 bits per heavy atom. The first-order valence-corrected chi connectivity index (χ1v) is 13.1. The molecule has 0 fully saturated rings. The largest absolute Gasteiger partial charge is 0.418 e. The summed E-state index contributed by atoms with van der Waals surface area (Å²) in [6.45, 7) is 2.58. The fourth-order valence-electron chi connectivity index (χ4n) is 3.56. The van der Waals surface area contributed by atoms with Crippen LogP contribution in [-0.4, -0.2) is 49.4 Å². The number of aryl methyl sites for hydroxylation is 1. The predicted octanol–water partition coefficient (Wildman–Crippen LogP) is 2.38. The summed E-state index contributed by atoms with van der Waals surface area (Å²) in [5.74, 6) is -2.68. The number of hydrogen-bond acceptors (Lipinski definition) is 7. The van der Waals surface area contributed by atoms with Gasteiger partial charge in [-0.2, -0.15) is 0 Å². The smallest absolute Gasteiger partial charge is 0.309 e. The molecule has 4 N–H and O–H groups in total. The Morgan fingerprint density at radius 3 is 2.47 bits per heavy atom. The van der Waals surface area contributed by atoms with Crippen LogP contribution in [0.4, 0.5) is 14.8 Å². The molecular weight excluding hydrogens is 494 g/mol. The molecule has 2 atom stereocenters. The van der Waals surface area contributed by atoms with Crippen molar-refractivity contribution >= 4 is 21.9 Å². The number of anilines is 1. The minimum atomic E-state index is -3.67. The molecule has 36 heavy (non-hydrogen) atoms.